The molecule has 6 heteroatoms. The Balaban J connectivity index is 2.49. The highest BCUT2D eigenvalue weighted by atomic mass is 127. The van der Waals surface area contributed by atoms with Gasteiger partial charge in [0, 0.05) is 23.2 Å². The molecule has 0 heterocycles. The van der Waals surface area contributed by atoms with E-state index < -0.39 is 10.1 Å². The monoisotopic (exact) mass is 431 g/mol. The van der Waals surface area contributed by atoms with Crippen LogP contribution in [0.15, 0.2) is 48.5 Å². The topological polar surface area (TPSA) is 37.4 Å². The molecule has 1 amide bonds. The van der Waals surface area contributed by atoms with E-state index in [1.807, 2.05) is 0 Å². The van der Waals surface area contributed by atoms with Crippen molar-refractivity contribution in [3.63, 3.8) is 0 Å². The Kier molecular flexibility index (Phi) is 5.52. The van der Waals surface area contributed by atoms with Crippen molar-refractivity contribution >= 4 is 51.6 Å². The molecule has 1 unspecified atom stereocenters. The summed E-state index contributed by atoms with van der Waals surface area (Å²) in [6.07, 6.45) is 0. The van der Waals surface area contributed by atoms with Crippen molar-refractivity contribution in [2.75, 3.05) is 11.9 Å². The van der Waals surface area contributed by atoms with Gasteiger partial charge in [-0.2, -0.15) is 0 Å². The number of amides is 1. The highest BCUT2D eigenvalue weighted by Crippen LogP contribution is 2.27. The van der Waals surface area contributed by atoms with E-state index in [1.165, 1.54) is 41.8 Å². The fraction of sp³-hybridized carbons (Fsp3) is 0.125. The summed E-state index contributed by atoms with van der Waals surface area (Å²) in [5, 5.41) is 0.371. The maximum atomic E-state index is 13.3. The van der Waals surface area contributed by atoms with Gasteiger partial charge in [0.05, 0.1) is 5.69 Å². The number of hydrogen-bond donors (Lipinski definition) is 0. The predicted octanol–water partition coefficient (Wildman–Crippen LogP) is 4.26. The van der Waals surface area contributed by atoms with Crippen LogP contribution in [0.5, 0.6) is 0 Å². The molecule has 0 saturated carbocycles. The van der Waals surface area contributed by atoms with Crippen LogP contribution in [-0.2, 0) is 4.79 Å². The largest absolute Gasteiger partial charge is 0.312 e. The van der Waals surface area contributed by atoms with Gasteiger partial charge in [0.25, 0.3) is 5.91 Å². The van der Waals surface area contributed by atoms with Crippen molar-refractivity contribution in [3.8, 4) is 0 Å². The highest BCUT2D eigenvalue weighted by Gasteiger charge is 2.24. The minimum absolute atomic E-state index is 0.256. The molecule has 1 atom stereocenters. The van der Waals surface area contributed by atoms with Gasteiger partial charge < -0.3 is 4.90 Å². The molecule has 2 rings (SSSR count). The van der Waals surface area contributed by atoms with Crippen LogP contribution in [0.25, 0.3) is 0 Å². The van der Waals surface area contributed by atoms with Crippen molar-refractivity contribution < 1.29 is 14.0 Å². The number of nitrogens with zero attached hydrogens (tertiary/aromatic N) is 1. The van der Waals surface area contributed by atoms with Gasteiger partial charge in [-0.1, -0.05) is 41.9 Å². The number of carbonyl (C=O) groups excluding carboxylic acids is 2. The molecule has 0 aliphatic heterocycles. The molecule has 22 heavy (non-hydrogen) atoms. The Bertz CT molecular complexity index is 707. The molecule has 0 bridgehead atoms. The normalized spacial score (nSPS) is 11.8. The Morgan fingerprint density at radius 1 is 1.18 bits per heavy atom. The number of rotatable bonds is 4. The third-order valence-corrected chi connectivity index (χ3v) is 3.89. The number of benzene rings is 2. The minimum atomic E-state index is -1.68. The van der Waals surface area contributed by atoms with Gasteiger partial charge in [-0.15, -0.1) is 0 Å². The number of carbonyl (C=O) groups is 2. The van der Waals surface area contributed by atoms with E-state index in [0.29, 0.717) is 16.3 Å². The Morgan fingerprint density at radius 2 is 1.82 bits per heavy atom. The molecular weight excluding hydrogens is 420 g/mol. The lowest BCUT2D eigenvalue weighted by molar-refractivity contribution is -0.119. The fourth-order valence-corrected chi connectivity index (χ4v) is 2.58. The SMILES string of the molecule is CN(C(=O)C(F)I)c1ccc(Cl)cc1C(=O)c1ccccc1. The smallest absolute Gasteiger partial charge is 0.271 e. The lowest BCUT2D eigenvalue weighted by atomic mass is 10.0. The molecule has 0 fully saturated rings. The summed E-state index contributed by atoms with van der Waals surface area (Å²) >= 11 is 7.35. The van der Waals surface area contributed by atoms with Gasteiger partial charge in [-0.25, -0.2) is 4.39 Å². The van der Waals surface area contributed by atoms with Crippen LogP contribution < -0.4 is 4.90 Å². The van der Waals surface area contributed by atoms with Crippen molar-refractivity contribution in [1.29, 1.82) is 0 Å². The van der Waals surface area contributed by atoms with E-state index in [9.17, 15) is 14.0 Å². The average molecular weight is 432 g/mol. The van der Waals surface area contributed by atoms with Gasteiger partial charge in [0.2, 0.25) is 4.18 Å². The average Bonchev–Trinajstić information content (AvgIpc) is 2.53. The second-order valence-corrected chi connectivity index (χ2v) is 6.08. The standard InChI is InChI=1S/C16H12ClFINO2/c1-20(16(22)15(18)19)13-8-7-11(17)9-12(13)14(21)10-5-3-2-4-6-10/h2-9,15H,1H3. The summed E-state index contributed by atoms with van der Waals surface area (Å²) in [5.41, 5.74) is 1.05. The molecule has 2 aromatic rings. The van der Waals surface area contributed by atoms with Gasteiger partial charge >= 0.3 is 0 Å². The maximum Gasteiger partial charge on any atom is 0.271 e. The molecule has 0 aliphatic rings. The summed E-state index contributed by atoms with van der Waals surface area (Å²) in [6.45, 7) is 0. The molecule has 2 aromatic carbocycles. The molecule has 0 saturated heterocycles. The van der Waals surface area contributed by atoms with E-state index in [0.717, 1.165) is 4.90 Å². The van der Waals surface area contributed by atoms with Crippen LogP contribution in [-0.4, -0.2) is 22.9 Å². The van der Waals surface area contributed by atoms with Crippen molar-refractivity contribution in [3.05, 3.63) is 64.7 Å². The minimum Gasteiger partial charge on any atom is -0.312 e. The molecule has 0 aromatic heterocycles. The van der Waals surface area contributed by atoms with Crippen LogP contribution in [0.1, 0.15) is 15.9 Å². The van der Waals surface area contributed by atoms with Crippen LogP contribution >= 0.6 is 34.2 Å². The van der Waals surface area contributed by atoms with E-state index in [-0.39, 0.29) is 11.3 Å². The highest BCUT2D eigenvalue weighted by molar-refractivity contribution is 14.1. The van der Waals surface area contributed by atoms with E-state index in [1.54, 1.807) is 36.4 Å². The lowest BCUT2D eigenvalue weighted by Crippen LogP contribution is -2.32. The van der Waals surface area contributed by atoms with Crippen molar-refractivity contribution in [2.45, 2.75) is 4.18 Å². The molecular formula is C16H12ClFINO2. The molecule has 0 aliphatic carbocycles. The first kappa shape index (κ1) is 16.9. The number of anilines is 1. The summed E-state index contributed by atoms with van der Waals surface area (Å²) in [4.78, 5) is 25.6. The Hall–Kier alpha value is -1.47. The van der Waals surface area contributed by atoms with E-state index in [2.05, 4.69) is 0 Å². The fourth-order valence-electron chi connectivity index (χ4n) is 1.99. The van der Waals surface area contributed by atoms with Gasteiger partial charge in [-0.3, -0.25) is 9.59 Å². The first-order valence-electron chi connectivity index (χ1n) is 6.37. The molecule has 0 spiro atoms. The number of ketones is 1. The van der Waals surface area contributed by atoms with Gasteiger partial charge in [0.15, 0.2) is 5.78 Å². The van der Waals surface area contributed by atoms with Crippen LogP contribution in [0, 0.1) is 0 Å². The van der Waals surface area contributed by atoms with Crippen LogP contribution in [0.2, 0.25) is 5.02 Å². The Morgan fingerprint density at radius 3 is 2.41 bits per heavy atom. The zero-order chi connectivity index (χ0) is 16.3. The zero-order valence-electron chi connectivity index (χ0n) is 11.6. The Labute approximate surface area is 146 Å². The first-order valence-corrected chi connectivity index (χ1v) is 7.99. The van der Waals surface area contributed by atoms with Gasteiger partial charge in [-0.05, 0) is 40.8 Å². The molecule has 0 N–H and O–H groups in total. The van der Waals surface area contributed by atoms with Crippen LogP contribution in [0.3, 0.4) is 0 Å². The number of alkyl halides is 2. The third-order valence-electron chi connectivity index (χ3n) is 3.12. The molecule has 3 nitrogen and oxygen atoms in total. The van der Waals surface area contributed by atoms with Gasteiger partial charge in [0.1, 0.15) is 0 Å². The second-order valence-electron chi connectivity index (χ2n) is 4.55. The summed E-state index contributed by atoms with van der Waals surface area (Å²) in [5.74, 6) is -1.01. The van der Waals surface area contributed by atoms with Crippen molar-refractivity contribution in [1.82, 2.24) is 0 Å². The number of halogens is 3. The van der Waals surface area contributed by atoms with E-state index in [4.69, 9.17) is 11.6 Å². The van der Waals surface area contributed by atoms with Crippen molar-refractivity contribution in [2.24, 2.45) is 0 Å². The number of hydrogen-bond acceptors (Lipinski definition) is 2. The predicted molar refractivity (Wildman–Crippen MR) is 93.7 cm³/mol. The lowest BCUT2D eigenvalue weighted by Gasteiger charge is -2.20. The summed E-state index contributed by atoms with van der Waals surface area (Å²) < 4.78 is 11.6. The maximum absolute atomic E-state index is 13.3. The third kappa shape index (κ3) is 3.64. The second kappa shape index (κ2) is 7.19. The quantitative estimate of drug-likeness (QED) is 0.412. The molecule has 114 valence electrons. The molecule has 0 radical (unpaired) electrons. The van der Waals surface area contributed by atoms with E-state index >= 15 is 0 Å². The van der Waals surface area contributed by atoms with Crippen LogP contribution in [0.4, 0.5) is 10.1 Å². The summed E-state index contributed by atoms with van der Waals surface area (Å²) in [6, 6.07) is 13.2. The summed E-state index contributed by atoms with van der Waals surface area (Å²) in [7, 11) is 1.43. The zero-order valence-corrected chi connectivity index (χ0v) is 14.5. The first-order chi connectivity index (χ1) is 10.4.